The van der Waals surface area contributed by atoms with Gasteiger partial charge >= 0.3 is 0 Å². The molecule has 1 amide bonds. The van der Waals surface area contributed by atoms with E-state index in [-0.39, 0.29) is 30.7 Å². The van der Waals surface area contributed by atoms with Crippen molar-refractivity contribution < 1.29 is 4.79 Å². The third-order valence-corrected chi connectivity index (χ3v) is 4.59. The summed E-state index contributed by atoms with van der Waals surface area (Å²) in [7, 11) is 1.88. The monoisotopic (exact) mass is 339 g/mol. The van der Waals surface area contributed by atoms with Crippen LogP contribution in [0.3, 0.4) is 0 Å². The molecule has 21 heavy (non-hydrogen) atoms. The molecule has 1 heterocycles. The van der Waals surface area contributed by atoms with Gasteiger partial charge in [0, 0.05) is 38.1 Å². The van der Waals surface area contributed by atoms with Crippen molar-refractivity contribution in [2.45, 2.75) is 63.5 Å². The lowest BCUT2D eigenvalue weighted by Crippen LogP contribution is -2.48. The number of nitrogens with zero attached hydrogens (tertiary/aromatic N) is 1. The van der Waals surface area contributed by atoms with Crippen molar-refractivity contribution in [2.75, 3.05) is 26.7 Å². The number of rotatable bonds is 5. The molecular weight excluding hydrogens is 309 g/mol. The van der Waals surface area contributed by atoms with Crippen LogP contribution in [0, 0.1) is 0 Å². The average molecular weight is 340 g/mol. The molecule has 0 unspecified atom stereocenters. The Bertz CT molecular complexity index is 278. The van der Waals surface area contributed by atoms with Crippen molar-refractivity contribution in [3.63, 3.8) is 0 Å². The molecule has 0 aromatic rings. The molecule has 0 aromatic heterocycles. The number of nitrogens with one attached hydrogen (secondary N) is 2. The van der Waals surface area contributed by atoms with Gasteiger partial charge in [-0.3, -0.25) is 4.79 Å². The summed E-state index contributed by atoms with van der Waals surface area (Å²) in [6.07, 6.45) is 9.87. The second-order valence-corrected chi connectivity index (χ2v) is 6.02. The molecule has 0 atom stereocenters. The van der Waals surface area contributed by atoms with E-state index in [4.69, 9.17) is 0 Å². The van der Waals surface area contributed by atoms with E-state index in [0.29, 0.717) is 12.5 Å². The second kappa shape index (κ2) is 11.5. The Balaban J connectivity index is 0.00000200. The molecule has 0 spiro atoms. The zero-order valence-electron chi connectivity index (χ0n) is 13.1. The van der Waals surface area contributed by atoms with Gasteiger partial charge in [-0.25, -0.2) is 0 Å². The molecule has 4 nitrogen and oxygen atoms in total. The van der Waals surface area contributed by atoms with Crippen LogP contribution >= 0.6 is 24.8 Å². The van der Waals surface area contributed by atoms with Gasteiger partial charge in [-0.2, -0.15) is 0 Å². The topological polar surface area (TPSA) is 44.4 Å². The number of piperidine rings is 1. The summed E-state index contributed by atoms with van der Waals surface area (Å²) in [4.78, 5) is 14.4. The van der Waals surface area contributed by atoms with E-state index < -0.39 is 0 Å². The van der Waals surface area contributed by atoms with Crippen molar-refractivity contribution in [1.82, 2.24) is 15.5 Å². The van der Waals surface area contributed by atoms with Crippen molar-refractivity contribution in [1.29, 1.82) is 0 Å². The molecule has 1 aliphatic carbocycles. The minimum absolute atomic E-state index is 0. The van der Waals surface area contributed by atoms with Gasteiger partial charge in [-0.1, -0.05) is 19.3 Å². The van der Waals surface area contributed by atoms with Crippen LogP contribution in [0.15, 0.2) is 0 Å². The van der Waals surface area contributed by atoms with Gasteiger partial charge in [-0.05, 0) is 32.7 Å². The summed E-state index contributed by atoms with van der Waals surface area (Å²) in [5, 5.41) is 6.19. The lowest BCUT2D eigenvalue weighted by Gasteiger charge is -2.39. The molecule has 6 heteroatoms. The minimum Gasteiger partial charge on any atom is -0.353 e. The maximum Gasteiger partial charge on any atom is 0.221 e. The van der Waals surface area contributed by atoms with Crippen LogP contribution in [0.4, 0.5) is 0 Å². The third kappa shape index (κ3) is 7.18. The smallest absolute Gasteiger partial charge is 0.221 e. The summed E-state index contributed by atoms with van der Waals surface area (Å²) in [5.74, 6) is 0.200. The molecule has 2 N–H and O–H groups in total. The number of carbonyl (C=O) groups excluding carboxylic acids is 1. The standard InChI is InChI=1S/C15H29N3O.2ClH/c1-16-10-7-15(19)17-13-8-11-18(12-9-13)14-5-3-2-4-6-14;;/h13-14,16H,2-12H2,1H3,(H,17,19);2*1H. The fourth-order valence-corrected chi connectivity index (χ4v) is 3.39. The van der Waals surface area contributed by atoms with Gasteiger partial charge in [0.1, 0.15) is 0 Å². The molecule has 2 aliphatic rings. The third-order valence-electron chi connectivity index (χ3n) is 4.59. The lowest BCUT2D eigenvalue weighted by atomic mass is 9.92. The van der Waals surface area contributed by atoms with E-state index in [1.54, 1.807) is 0 Å². The lowest BCUT2D eigenvalue weighted by molar-refractivity contribution is -0.122. The number of halogens is 2. The van der Waals surface area contributed by atoms with Crippen molar-refractivity contribution in [2.24, 2.45) is 0 Å². The maximum atomic E-state index is 11.7. The Morgan fingerprint density at radius 1 is 1.05 bits per heavy atom. The normalized spacial score (nSPS) is 21.2. The van der Waals surface area contributed by atoms with E-state index in [2.05, 4.69) is 15.5 Å². The molecule has 126 valence electrons. The van der Waals surface area contributed by atoms with Crippen molar-refractivity contribution in [3.8, 4) is 0 Å². The van der Waals surface area contributed by atoms with Crippen molar-refractivity contribution in [3.05, 3.63) is 0 Å². The fraction of sp³-hybridized carbons (Fsp3) is 0.933. The zero-order chi connectivity index (χ0) is 13.5. The van der Waals surface area contributed by atoms with E-state index >= 15 is 0 Å². The summed E-state index contributed by atoms with van der Waals surface area (Å²) >= 11 is 0. The quantitative estimate of drug-likeness (QED) is 0.808. The van der Waals surface area contributed by atoms with Crippen LogP contribution < -0.4 is 10.6 Å². The Hall–Kier alpha value is -0.0300. The Labute approximate surface area is 141 Å². The van der Waals surface area contributed by atoms with Gasteiger partial charge < -0.3 is 15.5 Å². The average Bonchev–Trinajstić information content (AvgIpc) is 2.47. The minimum atomic E-state index is 0. The van der Waals surface area contributed by atoms with Gasteiger partial charge in [0.05, 0.1) is 0 Å². The highest BCUT2D eigenvalue weighted by Crippen LogP contribution is 2.25. The highest BCUT2D eigenvalue weighted by Gasteiger charge is 2.26. The number of carbonyl (C=O) groups is 1. The van der Waals surface area contributed by atoms with Gasteiger partial charge in [0.15, 0.2) is 0 Å². The van der Waals surface area contributed by atoms with Crippen LogP contribution in [-0.4, -0.2) is 49.6 Å². The van der Waals surface area contributed by atoms with Crippen LogP contribution in [0.25, 0.3) is 0 Å². The second-order valence-electron chi connectivity index (χ2n) is 6.02. The number of amides is 1. The fourth-order valence-electron chi connectivity index (χ4n) is 3.39. The first-order chi connectivity index (χ1) is 9.29. The molecule has 2 rings (SSSR count). The Morgan fingerprint density at radius 3 is 2.24 bits per heavy atom. The molecule has 1 saturated heterocycles. The van der Waals surface area contributed by atoms with Crippen LogP contribution in [0.1, 0.15) is 51.4 Å². The largest absolute Gasteiger partial charge is 0.353 e. The van der Waals surface area contributed by atoms with Crippen LogP contribution in [0.5, 0.6) is 0 Å². The van der Waals surface area contributed by atoms with E-state index in [1.807, 2.05) is 7.05 Å². The maximum absolute atomic E-state index is 11.7. The first-order valence-corrected chi connectivity index (χ1v) is 7.97. The SMILES string of the molecule is CNCCC(=O)NC1CCN(C2CCCCC2)CC1.Cl.Cl. The molecule has 0 bridgehead atoms. The summed E-state index contributed by atoms with van der Waals surface area (Å²) in [6, 6.07) is 1.24. The predicted octanol–water partition coefficient (Wildman–Crippen LogP) is 2.35. The van der Waals surface area contributed by atoms with Crippen LogP contribution in [0.2, 0.25) is 0 Å². The first kappa shape index (κ1) is 21.0. The van der Waals surface area contributed by atoms with Gasteiger partial charge in [-0.15, -0.1) is 24.8 Å². The Morgan fingerprint density at radius 2 is 1.67 bits per heavy atom. The Kier molecular flexibility index (Phi) is 11.5. The summed E-state index contributed by atoms with van der Waals surface area (Å²) in [6.45, 7) is 3.11. The van der Waals surface area contributed by atoms with E-state index in [0.717, 1.165) is 25.4 Å². The van der Waals surface area contributed by atoms with Gasteiger partial charge in [0.2, 0.25) is 5.91 Å². The molecule has 2 fully saturated rings. The number of hydrogen-bond donors (Lipinski definition) is 2. The highest BCUT2D eigenvalue weighted by atomic mass is 35.5. The summed E-state index contributed by atoms with van der Waals surface area (Å²) in [5.41, 5.74) is 0. The molecule has 1 aliphatic heterocycles. The van der Waals surface area contributed by atoms with E-state index in [1.165, 1.54) is 45.2 Å². The molecule has 0 radical (unpaired) electrons. The highest BCUT2D eigenvalue weighted by molar-refractivity contribution is 5.85. The van der Waals surface area contributed by atoms with Gasteiger partial charge in [0.25, 0.3) is 0 Å². The van der Waals surface area contributed by atoms with E-state index in [9.17, 15) is 4.79 Å². The number of likely N-dealkylation sites (tertiary alicyclic amines) is 1. The molecule has 0 aromatic carbocycles. The zero-order valence-corrected chi connectivity index (χ0v) is 14.7. The predicted molar refractivity (Wildman–Crippen MR) is 92.7 cm³/mol. The first-order valence-electron chi connectivity index (χ1n) is 7.97. The summed E-state index contributed by atoms with van der Waals surface area (Å²) < 4.78 is 0. The van der Waals surface area contributed by atoms with Crippen LogP contribution in [-0.2, 0) is 4.79 Å². The number of hydrogen-bond acceptors (Lipinski definition) is 3. The molecule has 1 saturated carbocycles. The molecular formula is C15H31Cl2N3O. The van der Waals surface area contributed by atoms with Crippen molar-refractivity contribution >= 4 is 30.7 Å².